The summed E-state index contributed by atoms with van der Waals surface area (Å²) in [4.78, 5) is 44.4. The Morgan fingerprint density at radius 1 is 0.545 bits per heavy atom. The quantitative estimate of drug-likeness (QED) is 0.0992. The molecule has 0 aliphatic heterocycles. The molecular formula is C24H36F8N2O10. The fourth-order valence-electron chi connectivity index (χ4n) is 2.73. The van der Waals surface area contributed by atoms with Crippen LogP contribution in [0.2, 0.25) is 0 Å². The third kappa shape index (κ3) is 18.3. The number of nitrogens with one attached hydrogen (secondary N) is 2. The van der Waals surface area contributed by atoms with Gasteiger partial charge in [-0.25, -0.2) is 9.47 Å². The number of Topliss-reactive ketones (excluding diaryl/α,β-unsaturated/α-hetero) is 2. The second kappa shape index (κ2) is 20.5. The van der Waals surface area contributed by atoms with E-state index in [2.05, 4.69) is 14.8 Å². The Kier molecular flexibility index (Phi) is 19.3. The van der Waals surface area contributed by atoms with Gasteiger partial charge >= 0.3 is 30.3 Å². The van der Waals surface area contributed by atoms with E-state index in [9.17, 15) is 54.3 Å². The SMILES string of the molecule is CC(=O)CCCOCCOCCCC(=O)C(F)(F)OC(F)(F)C(F)(F)OC(F)(F)C(=O)NCCOCCOCCNC(C)=O. The highest BCUT2D eigenvalue weighted by molar-refractivity contribution is 5.84. The molecule has 0 aromatic heterocycles. The van der Waals surface area contributed by atoms with Gasteiger partial charge in [-0.3, -0.25) is 14.4 Å². The average molecular weight is 665 g/mol. The van der Waals surface area contributed by atoms with E-state index in [-0.39, 0.29) is 64.5 Å². The number of ether oxygens (including phenoxy) is 6. The van der Waals surface area contributed by atoms with Gasteiger partial charge in [0, 0.05) is 46.1 Å². The summed E-state index contributed by atoms with van der Waals surface area (Å²) in [6, 6.07) is 0. The average Bonchev–Trinajstić information content (AvgIpc) is 2.88. The molecule has 0 radical (unpaired) electrons. The minimum Gasteiger partial charge on any atom is -0.379 e. The molecule has 0 heterocycles. The highest BCUT2D eigenvalue weighted by Gasteiger charge is 2.69. The smallest absolute Gasteiger partial charge is 0.379 e. The summed E-state index contributed by atoms with van der Waals surface area (Å²) >= 11 is 0. The van der Waals surface area contributed by atoms with E-state index in [1.54, 1.807) is 0 Å². The number of carbonyl (C=O) groups is 4. The monoisotopic (exact) mass is 664 g/mol. The first kappa shape index (κ1) is 41.5. The van der Waals surface area contributed by atoms with Gasteiger partial charge in [-0.1, -0.05) is 0 Å². The molecule has 0 aliphatic rings. The van der Waals surface area contributed by atoms with Gasteiger partial charge in [0.15, 0.2) is 0 Å². The van der Waals surface area contributed by atoms with Crippen molar-refractivity contribution in [1.29, 1.82) is 0 Å². The van der Waals surface area contributed by atoms with Crippen LogP contribution in [0.25, 0.3) is 0 Å². The highest BCUT2D eigenvalue weighted by Crippen LogP contribution is 2.43. The van der Waals surface area contributed by atoms with Gasteiger partial charge in [0.05, 0.1) is 39.6 Å². The summed E-state index contributed by atoms with van der Waals surface area (Å²) < 4.78 is 135. The van der Waals surface area contributed by atoms with E-state index in [0.29, 0.717) is 12.8 Å². The Labute approximate surface area is 247 Å². The zero-order valence-corrected chi connectivity index (χ0v) is 24.0. The van der Waals surface area contributed by atoms with E-state index in [4.69, 9.17) is 18.9 Å². The van der Waals surface area contributed by atoms with Gasteiger partial charge in [0.2, 0.25) is 11.7 Å². The largest absolute Gasteiger partial charge is 0.453 e. The van der Waals surface area contributed by atoms with Crippen LogP contribution in [0, 0.1) is 0 Å². The maximum Gasteiger partial charge on any atom is 0.453 e. The molecule has 258 valence electrons. The summed E-state index contributed by atoms with van der Waals surface area (Å²) in [6.07, 6.45) is -25.1. The van der Waals surface area contributed by atoms with Gasteiger partial charge in [-0.2, -0.15) is 35.1 Å². The molecule has 0 spiro atoms. The second-order valence-corrected chi connectivity index (χ2v) is 8.79. The van der Waals surface area contributed by atoms with Gasteiger partial charge in [0.25, 0.3) is 0 Å². The molecule has 0 saturated carbocycles. The number of rotatable bonds is 27. The molecule has 0 atom stereocenters. The minimum absolute atomic E-state index is 0.00473. The summed E-state index contributed by atoms with van der Waals surface area (Å²) in [6.45, 7) is 1.65. The van der Waals surface area contributed by atoms with E-state index >= 15 is 0 Å². The number of hydrogen-bond donors (Lipinski definition) is 2. The molecule has 2 N–H and O–H groups in total. The van der Waals surface area contributed by atoms with Crippen LogP contribution < -0.4 is 10.6 Å². The van der Waals surface area contributed by atoms with Gasteiger partial charge in [0.1, 0.15) is 5.78 Å². The molecule has 0 aliphatic carbocycles. The van der Waals surface area contributed by atoms with Crippen LogP contribution in [0.1, 0.15) is 39.5 Å². The molecular weight excluding hydrogens is 628 g/mol. The first-order valence-corrected chi connectivity index (χ1v) is 13.1. The van der Waals surface area contributed by atoms with Crippen molar-refractivity contribution in [2.24, 2.45) is 0 Å². The van der Waals surface area contributed by atoms with Crippen LogP contribution in [-0.2, 0) is 47.6 Å². The zero-order valence-electron chi connectivity index (χ0n) is 24.0. The molecule has 2 amide bonds. The van der Waals surface area contributed by atoms with E-state index in [1.165, 1.54) is 19.2 Å². The Hall–Kier alpha value is -2.52. The lowest BCUT2D eigenvalue weighted by molar-refractivity contribution is -0.499. The summed E-state index contributed by atoms with van der Waals surface area (Å²) in [5, 5.41) is 3.80. The molecule has 12 nitrogen and oxygen atoms in total. The van der Waals surface area contributed by atoms with Crippen LogP contribution in [0.4, 0.5) is 35.1 Å². The fourth-order valence-corrected chi connectivity index (χ4v) is 2.73. The van der Waals surface area contributed by atoms with Crippen LogP contribution >= 0.6 is 0 Å². The Balaban J connectivity index is 4.50. The Morgan fingerprint density at radius 3 is 1.41 bits per heavy atom. The predicted molar refractivity (Wildman–Crippen MR) is 131 cm³/mol. The number of amides is 2. The summed E-state index contributed by atoms with van der Waals surface area (Å²) in [7, 11) is 0. The van der Waals surface area contributed by atoms with E-state index in [1.807, 2.05) is 0 Å². The third-order valence-corrected chi connectivity index (χ3v) is 4.85. The normalized spacial score (nSPS) is 12.7. The molecule has 0 rings (SSSR count). The Morgan fingerprint density at radius 2 is 0.955 bits per heavy atom. The van der Waals surface area contributed by atoms with Crippen LogP contribution in [0.3, 0.4) is 0 Å². The number of ketones is 2. The maximum absolute atomic E-state index is 13.8. The summed E-state index contributed by atoms with van der Waals surface area (Å²) in [5.41, 5.74) is 0. The van der Waals surface area contributed by atoms with Crippen molar-refractivity contribution in [1.82, 2.24) is 10.6 Å². The number of hydrogen-bond acceptors (Lipinski definition) is 10. The summed E-state index contributed by atoms with van der Waals surface area (Å²) in [5.74, 6) is -5.33. The van der Waals surface area contributed by atoms with Crippen molar-refractivity contribution in [2.45, 2.75) is 64.0 Å². The van der Waals surface area contributed by atoms with Crippen molar-refractivity contribution < 1.29 is 82.7 Å². The van der Waals surface area contributed by atoms with E-state index in [0.717, 1.165) is 0 Å². The highest BCUT2D eigenvalue weighted by atomic mass is 19.3. The third-order valence-electron chi connectivity index (χ3n) is 4.85. The van der Waals surface area contributed by atoms with Crippen molar-refractivity contribution in [3.8, 4) is 0 Å². The molecule has 0 saturated heterocycles. The van der Waals surface area contributed by atoms with E-state index < -0.39 is 62.1 Å². The topological polar surface area (TPSA) is 148 Å². The zero-order chi connectivity index (χ0) is 33.9. The number of alkyl halides is 8. The van der Waals surface area contributed by atoms with Crippen molar-refractivity contribution in [2.75, 3.05) is 65.9 Å². The first-order chi connectivity index (χ1) is 20.3. The molecule has 0 aromatic rings. The van der Waals surface area contributed by atoms with Gasteiger partial charge < -0.3 is 34.4 Å². The molecule has 0 bridgehead atoms. The first-order valence-electron chi connectivity index (χ1n) is 13.1. The lowest BCUT2D eigenvalue weighted by Gasteiger charge is -2.30. The van der Waals surface area contributed by atoms with Crippen molar-refractivity contribution in [3.63, 3.8) is 0 Å². The number of carbonyl (C=O) groups excluding carboxylic acids is 4. The van der Waals surface area contributed by atoms with Crippen LogP contribution in [0.5, 0.6) is 0 Å². The fraction of sp³-hybridized carbons (Fsp3) is 0.833. The van der Waals surface area contributed by atoms with Gasteiger partial charge in [-0.05, 0) is 19.8 Å². The lowest BCUT2D eigenvalue weighted by Crippen LogP contribution is -2.56. The molecule has 0 fully saturated rings. The van der Waals surface area contributed by atoms with Crippen LogP contribution in [0.15, 0.2) is 0 Å². The second-order valence-electron chi connectivity index (χ2n) is 8.79. The molecule has 20 heteroatoms. The lowest BCUT2D eigenvalue weighted by atomic mass is 10.2. The molecule has 0 unspecified atom stereocenters. The predicted octanol–water partition coefficient (Wildman–Crippen LogP) is 2.43. The molecule has 44 heavy (non-hydrogen) atoms. The van der Waals surface area contributed by atoms with Gasteiger partial charge in [-0.15, -0.1) is 0 Å². The van der Waals surface area contributed by atoms with Crippen molar-refractivity contribution >= 4 is 23.4 Å². The minimum atomic E-state index is -6.50. The number of halogens is 8. The van der Waals surface area contributed by atoms with Crippen molar-refractivity contribution in [3.05, 3.63) is 0 Å². The van der Waals surface area contributed by atoms with Crippen LogP contribution in [-0.4, -0.2) is 114 Å². The Bertz CT molecular complexity index is 827. The standard InChI is InChI=1S/C24H36F8N2O10/c1-17(35)5-3-9-39-13-14-40-10-4-6-19(37)21(25,26)43-23(29,30)24(31,32)44-22(27,28)20(38)34-8-12-42-16-15-41-11-7-33-18(2)36/h3-16H2,1-2H3,(H,33,36)(H,34,38). The molecule has 0 aromatic carbocycles. The maximum atomic E-state index is 13.8.